The summed E-state index contributed by atoms with van der Waals surface area (Å²) in [6.45, 7) is 0. The van der Waals surface area contributed by atoms with Crippen molar-refractivity contribution in [2.24, 2.45) is 0 Å². The molecule has 22 heavy (non-hydrogen) atoms. The maximum Gasteiger partial charge on any atom is 0.236 e. The third-order valence-corrected chi connectivity index (χ3v) is 5.11. The van der Waals surface area contributed by atoms with Gasteiger partial charge in [-0.25, -0.2) is 4.98 Å². The van der Waals surface area contributed by atoms with Crippen molar-refractivity contribution in [3.8, 4) is 0 Å². The van der Waals surface area contributed by atoms with Crippen LogP contribution in [0, 0.1) is 0 Å². The molecule has 0 aliphatic carbocycles. The first-order valence-corrected chi connectivity index (χ1v) is 9.03. The second kappa shape index (κ2) is 7.13. The Labute approximate surface area is 141 Å². The number of benzene rings is 2. The molecule has 1 heterocycles. The molecule has 1 amide bonds. The summed E-state index contributed by atoms with van der Waals surface area (Å²) in [6, 6.07) is 15.6. The molecule has 0 fully saturated rings. The molecule has 2 aromatic carbocycles. The summed E-state index contributed by atoms with van der Waals surface area (Å²) >= 11 is 8.97. The first kappa shape index (κ1) is 15.3. The Morgan fingerprint density at radius 3 is 2.86 bits per heavy atom. The zero-order valence-electron chi connectivity index (χ0n) is 11.6. The predicted molar refractivity (Wildman–Crippen MR) is 95.9 cm³/mol. The quantitative estimate of drug-likeness (QED) is 0.718. The number of aromatic nitrogens is 1. The highest BCUT2D eigenvalue weighted by atomic mass is 35.5. The van der Waals surface area contributed by atoms with Crippen LogP contribution < -0.4 is 5.32 Å². The Kier molecular flexibility index (Phi) is 4.97. The SMILES string of the molecule is O=C(CSCc1ccccc1)Nc1nc2ccc(Cl)cc2s1. The summed E-state index contributed by atoms with van der Waals surface area (Å²) in [7, 11) is 0. The minimum atomic E-state index is -0.0360. The smallest absolute Gasteiger partial charge is 0.236 e. The van der Waals surface area contributed by atoms with Gasteiger partial charge in [-0.15, -0.1) is 11.8 Å². The number of carbonyl (C=O) groups is 1. The summed E-state index contributed by atoms with van der Waals surface area (Å²) < 4.78 is 0.972. The zero-order valence-corrected chi connectivity index (χ0v) is 14.0. The Morgan fingerprint density at radius 2 is 2.05 bits per heavy atom. The highest BCUT2D eigenvalue weighted by Crippen LogP contribution is 2.28. The average molecular weight is 349 g/mol. The van der Waals surface area contributed by atoms with Gasteiger partial charge in [-0.1, -0.05) is 53.3 Å². The fourth-order valence-corrected chi connectivity index (χ4v) is 3.89. The third kappa shape index (κ3) is 4.00. The molecule has 0 bridgehead atoms. The largest absolute Gasteiger partial charge is 0.301 e. The lowest BCUT2D eigenvalue weighted by Crippen LogP contribution is -2.13. The van der Waals surface area contributed by atoms with Gasteiger partial charge in [-0.2, -0.15) is 0 Å². The van der Waals surface area contributed by atoms with Gasteiger partial charge in [0.25, 0.3) is 0 Å². The number of amides is 1. The number of thioether (sulfide) groups is 1. The first-order chi connectivity index (χ1) is 10.7. The van der Waals surface area contributed by atoms with Crippen LogP contribution in [-0.2, 0) is 10.5 Å². The number of hydrogen-bond acceptors (Lipinski definition) is 4. The Hall–Kier alpha value is -1.56. The standard InChI is InChI=1S/C16H13ClN2OS2/c17-12-6-7-13-14(8-12)22-16(18-13)19-15(20)10-21-9-11-4-2-1-3-5-11/h1-8H,9-10H2,(H,18,19,20). The molecule has 0 radical (unpaired) electrons. The highest BCUT2D eigenvalue weighted by Gasteiger charge is 2.08. The minimum Gasteiger partial charge on any atom is -0.301 e. The summed E-state index contributed by atoms with van der Waals surface area (Å²) in [6.07, 6.45) is 0. The van der Waals surface area contributed by atoms with E-state index in [0.717, 1.165) is 16.0 Å². The van der Waals surface area contributed by atoms with Crippen LogP contribution in [0.15, 0.2) is 48.5 Å². The number of hydrogen-bond donors (Lipinski definition) is 1. The lowest BCUT2D eigenvalue weighted by atomic mass is 10.2. The van der Waals surface area contributed by atoms with Crippen molar-refractivity contribution in [2.75, 3.05) is 11.1 Å². The molecule has 0 atom stereocenters. The average Bonchev–Trinajstić information content (AvgIpc) is 2.89. The second-order valence-electron chi connectivity index (χ2n) is 4.66. The number of fused-ring (bicyclic) bond motifs is 1. The molecule has 1 aromatic heterocycles. The van der Waals surface area contributed by atoms with Gasteiger partial charge < -0.3 is 5.32 Å². The molecule has 0 unspecified atom stereocenters. The van der Waals surface area contributed by atoms with E-state index in [9.17, 15) is 4.79 Å². The van der Waals surface area contributed by atoms with E-state index in [1.165, 1.54) is 16.9 Å². The molecule has 112 valence electrons. The second-order valence-corrected chi connectivity index (χ2v) is 7.11. The summed E-state index contributed by atoms with van der Waals surface area (Å²) in [5, 5.41) is 4.13. The summed E-state index contributed by atoms with van der Waals surface area (Å²) in [5.74, 6) is 1.20. The Morgan fingerprint density at radius 1 is 1.23 bits per heavy atom. The number of carbonyl (C=O) groups excluding carboxylic acids is 1. The van der Waals surface area contributed by atoms with Crippen molar-refractivity contribution in [1.29, 1.82) is 0 Å². The fraction of sp³-hybridized carbons (Fsp3) is 0.125. The summed E-state index contributed by atoms with van der Waals surface area (Å²) in [4.78, 5) is 16.3. The number of nitrogens with zero attached hydrogens (tertiary/aromatic N) is 1. The number of thiazole rings is 1. The van der Waals surface area contributed by atoms with E-state index in [1.807, 2.05) is 30.3 Å². The molecule has 0 saturated carbocycles. The molecular formula is C16H13ClN2OS2. The maximum absolute atomic E-state index is 12.0. The van der Waals surface area contributed by atoms with Crippen LogP contribution in [-0.4, -0.2) is 16.6 Å². The van der Waals surface area contributed by atoms with Crippen LogP contribution in [0.1, 0.15) is 5.56 Å². The highest BCUT2D eigenvalue weighted by molar-refractivity contribution is 7.99. The van der Waals surface area contributed by atoms with Crippen LogP contribution in [0.3, 0.4) is 0 Å². The molecule has 0 spiro atoms. The van der Waals surface area contributed by atoms with E-state index in [1.54, 1.807) is 17.8 Å². The number of anilines is 1. The topological polar surface area (TPSA) is 42.0 Å². The van der Waals surface area contributed by atoms with Gasteiger partial charge in [0.1, 0.15) is 0 Å². The number of rotatable bonds is 5. The fourth-order valence-electron chi connectivity index (χ4n) is 1.94. The molecule has 6 heteroatoms. The normalized spacial score (nSPS) is 10.8. The van der Waals surface area contributed by atoms with Crippen molar-refractivity contribution < 1.29 is 4.79 Å². The molecule has 1 N–H and O–H groups in total. The van der Waals surface area contributed by atoms with Crippen LogP contribution in [0.2, 0.25) is 5.02 Å². The Bertz CT molecular complexity index is 789. The van der Waals surface area contributed by atoms with E-state index in [0.29, 0.717) is 15.9 Å². The van der Waals surface area contributed by atoms with Gasteiger partial charge >= 0.3 is 0 Å². The van der Waals surface area contributed by atoms with Gasteiger partial charge in [0.05, 0.1) is 16.0 Å². The first-order valence-electron chi connectivity index (χ1n) is 6.68. The molecule has 0 aliphatic heterocycles. The molecule has 3 aromatic rings. The van der Waals surface area contributed by atoms with Crippen molar-refractivity contribution in [3.63, 3.8) is 0 Å². The summed E-state index contributed by atoms with van der Waals surface area (Å²) in [5.41, 5.74) is 2.07. The van der Waals surface area contributed by atoms with E-state index in [-0.39, 0.29) is 5.91 Å². The van der Waals surface area contributed by atoms with Crippen molar-refractivity contribution in [2.45, 2.75) is 5.75 Å². The Balaban J connectivity index is 1.54. The number of halogens is 1. The molecular weight excluding hydrogens is 336 g/mol. The lowest BCUT2D eigenvalue weighted by molar-refractivity contribution is -0.113. The van der Waals surface area contributed by atoms with Gasteiger partial charge in [-0.05, 0) is 23.8 Å². The van der Waals surface area contributed by atoms with E-state index in [4.69, 9.17) is 11.6 Å². The van der Waals surface area contributed by atoms with Crippen LogP contribution in [0.4, 0.5) is 5.13 Å². The van der Waals surface area contributed by atoms with Gasteiger partial charge in [0.15, 0.2) is 5.13 Å². The maximum atomic E-state index is 12.0. The van der Waals surface area contributed by atoms with E-state index < -0.39 is 0 Å². The van der Waals surface area contributed by atoms with Crippen LogP contribution >= 0.6 is 34.7 Å². The van der Waals surface area contributed by atoms with E-state index in [2.05, 4.69) is 22.4 Å². The molecule has 0 saturated heterocycles. The zero-order chi connectivity index (χ0) is 15.4. The minimum absolute atomic E-state index is 0.0360. The van der Waals surface area contributed by atoms with Crippen molar-refractivity contribution >= 4 is 56.0 Å². The van der Waals surface area contributed by atoms with Crippen LogP contribution in [0.25, 0.3) is 10.2 Å². The number of nitrogens with one attached hydrogen (secondary N) is 1. The molecule has 0 aliphatic rings. The predicted octanol–water partition coefficient (Wildman–Crippen LogP) is 4.82. The monoisotopic (exact) mass is 348 g/mol. The van der Waals surface area contributed by atoms with Gasteiger partial charge in [-0.3, -0.25) is 4.79 Å². The van der Waals surface area contributed by atoms with E-state index >= 15 is 0 Å². The van der Waals surface area contributed by atoms with Gasteiger partial charge in [0, 0.05) is 10.8 Å². The van der Waals surface area contributed by atoms with Gasteiger partial charge in [0.2, 0.25) is 5.91 Å². The van der Waals surface area contributed by atoms with Crippen LogP contribution in [0.5, 0.6) is 0 Å². The molecule has 3 rings (SSSR count). The van der Waals surface area contributed by atoms with Crippen molar-refractivity contribution in [3.05, 3.63) is 59.1 Å². The molecule has 3 nitrogen and oxygen atoms in total. The lowest BCUT2D eigenvalue weighted by Gasteiger charge is -2.02. The van der Waals surface area contributed by atoms with Crippen molar-refractivity contribution in [1.82, 2.24) is 4.98 Å². The third-order valence-electron chi connectivity index (χ3n) is 2.94.